The van der Waals surface area contributed by atoms with Gasteiger partial charge in [0.15, 0.2) is 5.57 Å². The van der Waals surface area contributed by atoms with E-state index >= 15 is 0 Å². The van der Waals surface area contributed by atoms with Crippen LogP contribution >= 0.6 is 11.3 Å². The minimum absolute atomic E-state index is 0.0773. The fourth-order valence-electron chi connectivity index (χ4n) is 3.56. The molecule has 1 aliphatic rings. The second-order valence-electron chi connectivity index (χ2n) is 7.25. The van der Waals surface area contributed by atoms with Gasteiger partial charge in [-0.1, -0.05) is 31.2 Å². The van der Waals surface area contributed by atoms with Crippen molar-refractivity contribution in [3.05, 3.63) is 62.0 Å². The fraction of sp³-hybridized carbons (Fsp3) is 0.348. The molecule has 1 saturated heterocycles. The zero-order valence-corrected chi connectivity index (χ0v) is 19.0. The molecule has 0 radical (unpaired) electrons. The molecule has 0 aliphatic carbocycles. The summed E-state index contributed by atoms with van der Waals surface area (Å²) in [5.41, 5.74) is -0.284. The number of carbonyl (C=O) groups is 1. The Balaban J connectivity index is 2.13. The molecule has 0 atom stereocenters. The molecule has 1 aliphatic heterocycles. The second kappa shape index (κ2) is 11.0. The molecule has 0 N–H and O–H groups in total. The maximum atomic E-state index is 13.1. The van der Waals surface area contributed by atoms with E-state index in [-0.39, 0.29) is 32.6 Å². The SMILES string of the molecule is C=CCn1c(=C(C#N)C(=O)N2CCN(CC)CC2)sc(=Cc2ccccc2OC(F)F)c1=O. The van der Waals surface area contributed by atoms with E-state index in [9.17, 15) is 23.6 Å². The van der Waals surface area contributed by atoms with Gasteiger partial charge < -0.3 is 14.5 Å². The van der Waals surface area contributed by atoms with Crippen LogP contribution in [0.2, 0.25) is 0 Å². The molecule has 33 heavy (non-hydrogen) atoms. The van der Waals surface area contributed by atoms with Crippen molar-refractivity contribution >= 4 is 28.9 Å². The van der Waals surface area contributed by atoms with Gasteiger partial charge in [-0.25, -0.2) is 0 Å². The smallest absolute Gasteiger partial charge is 0.387 e. The lowest BCUT2D eigenvalue weighted by atomic mass is 10.2. The van der Waals surface area contributed by atoms with Crippen LogP contribution in [-0.2, 0) is 11.3 Å². The van der Waals surface area contributed by atoms with Crippen LogP contribution in [-0.4, -0.2) is 59.6 Å². The summed E-state index contributed by atoms with van der Waals surface area (Å²) >= 11 is 0.965. The number of hydrogen-bond donors (Lipinski definition) is 0. The number of benzene rings is 1. The van der Waals surface area contributed by atoms with Crippen molar-refractivity contribution in [3.8, 4) is 11.8 Å². The number of nitriles is 1. The average molecular weight is 475 g/mol. The molecular weight excluding hydrogens is 450 g/mol. The number of aromatic nitrogens is 1. The van der Waals surface area contributed by atoms with Gasteiger partial charge in [-0.2, -0.15) is 14.0 Å². The molecule has 3 rings (SSSR count). The van der Waals surface area contributed by atoms with Crippen molar-refractivity contribution in [2.24, 2.45) is 0 Å². The molecule has 0 saturated carbocycles. The summed E-state index contributed by atoms with van der Waals surface area (Å²) in [6.45, 7) is 6.08. The van der Waals surface area contributed by atoms with E-state index in [0.29, 0.717) is 26.2 Å². The standard InChI is InChI=1S/C23H24F2N4O3S/c1-3-9-29-21(31)19(14-16-7-5-6-8-18(16)32-23(24)25)33-22(29)17(15-26)20(30)28-12-10-27(4-2)11-13-28/h3,5-8,14,23H,1,4,9-13H2,2H3. The third-order valence-electron chi connectivity index (χ3n) is 5.29. The van der Waals surface area contributed by atoms with E-state index in [1.165, 1.54) is 22.8 Å². The number of hydrogen-bond acceptors (Lipinski definition) is 6. The first kappa shape index (κ1) is 24.4. The first-order valence-corrected chi connectivity index (χ1v) is 11.2. The summed E-state index contributed by atoms with van der Waals surface area (Å²) in [6.07, 6.45) is 2.92. The number of piperazine rings is 1. The van der Waals surface area contributed by atoms with Crippen LogP contribution in [0.4, 0.5) is 8.78 Å². The lowest BCUT2D eigenvalue weighted by Crippen LogP contribution is -2.49. The molecule has 0 bridgehead atoms. The molecule has 2 aromatic rings. The van der Waals surface area contributed by atoms with E-state index in [0.717, 1.165) is 17.9 Å². The number of halogens is 2. The Kier molecular flexibility index (Phi) is 8.14. The largest absolute Gasteiger partial charge is 0.434 e. The molecule has 10 heteroatoms. The highest BCUT2D eigenvalue weighted by Gasteiger charge is 2.25. The van der Waals surface area contributed by atoms with Crippen LogP contribution < -0.4 is 19.5 Å². The maximum Gasteiger partial charge on any atom is 0.387 e. The van der Waals surface area contributed by atoms with Crippen LogP contribution in [0.15, 0.2) is 41.7 Å². The van der Waals surface area contributed by atoms with E-state index in [1.807, 2.05) is 13.0 Å². The lowest BCUT2D eigenvalue weighted by molar-refractivity contribution is -0.126. The molecule has 1 amide bonds. The third-order valence-corrected chi connectivity index (χ3v) is 6.42. The highest BCUT2D eigenvalue weighted by molar-refractivity contribution is 7.07. The van der Waals surface area contributed by atoms with Crippen LogP contribution in [0, 0.1) is 11.3 Å². The average Bonchev–Trinajstić information content (AvgIpc) is 3.10. The molecule has 174 valence electrons. The van der Waals surface area contributed by atoms with Gasteiger partial charge in [0.05, 0.1) is 4.53 Å². The predicted octanol–water partition coefficient (Wildman–Crippen LogP) is 1.36. The van der Waals surface area contributed by atoms with E-state index < -0.39 is 18.1 Å². The highest BCUT2D eigenvalue weighted by atomic mass is 32.1. The molecule has 0 spiro atoms. The zero-order chi connectivity index (χ0) is 24.0. The van der Waals surface area contributed by atoms with Crippen LogP contribution in [0.3, 0.4) is 0 Å². The number of allylic oxidation sites excluding steroid dienone is 1. The van der Waals surface area contributed by atoms with Gasteiger partial charge in [0.25, 0.3) is 11.5 Å². The molecule has 1 fully saturated rings. The van der Waals surface area contributed by atoms with Crippen molar-refractivity contribution in [1.82, 2.24) is 14.4 Å². The number of amides is 1. The van der Waals surface area contributed by atoms with Crippen molar-refractivity contribution in [2.75, 3.05) is 32.7 Å². The summed E-state index contributed by atoms with van der Waals surface area (Å²) in [6, 6.07) is 8.07. The van der Waals surface area contributed by atoms with Crippen LogP contribution in [0.1, 0.15) is 12.5 Å². The normalized spacial score (nSPS) is 16.0. The minimum atomic E-state index is -3.01. The summed E-state index contributed by atoms with van der Waals surface area (Å²) in [7, 11) is 0. The van der Waals surface area contributed by atoms with Crippen molar-refractivity contribution in [1.29, 1.82) is 5.26 Å². The van der Waals surface area contributed by atoms with Crippen LogP contribution in [0.25, 0.3) is 11.6 Å². The number of nitrogens with zero attached hydrogens (tertiary/aromatic N) is 4. The summed E-state index contributed by atoms with van der Waals surface area (Å²) < 4.78 is 31.8. The number of alkyl halides is 2. The molecule has 7 nitrogen and oxygen atoms in total. The molecule has 0 unspecified atom stereocenters. The van der Waals surface area contributed by atoms with Gasteiger partial charge in [0.1, 0.15) is 16.5 Å². The van der Waals surface area contributed by atoms with E-state index in [2.05, 4.69) is 16.2 Å². The van der Waals surface area contributed by atoms with Gasteiger partial charge in [0, 0.05) is 38.3 Å². The van der Waals surface area contributed by atoms with E-state index in [1.54, 1.807) is 23.1 Å². The molecule has 2 heterocycles. The summed E-state index contributed by atoms with van der Waals surface area (Å²) in [5, 5.41) is 9.81. The van der Waals surface area contributed by atoms with Gasteiger partial charge >= 0.3 is 6.61 Å². The van der Waals surface area contributed by atoms with Crippen molar-refractivity contribution in [2.45, 2.75) is 20.1 Å². The number of rotatable bonds is 7. The first-order chi connectivity index (χ1) is 15.9. The van der Waals surface area contributed by atoms with Gasteiger partial charge in [-0.3, -0.25) is 14.2 Å². The Hall–Kier alpha value is -3.29. The Labute approximate surface area is 193 Å². The summed E-state index contributed by atoms with van der Waals surface area (Å²) in [5.74, 6) is -0.508. The Morgan fingerprint density at radius 3 is 2.61 bits per heavy atom. The zero-order valence-electron chi connectivity index (χ0n) is 18.2. The first-order valence-electron chi connectivity index (χ1n) is 10.4. The predicted molar refractivity (Wildman–Crippen MR) is 122 cm³/mol. The Morgan fingerprint density at radius 2 is 2.00 bits per heavy atom. The Morgan fingerprint density at radius 1 is 1.30 bits per heavy atom. The van der Waals surface area contributed by atoms with Crippen molar-refractivity contribution in [3.63, 3.8) is 0 Å². The van der Waals surface area contributed by atoms with Gasteiger partial charge in [0.2, 0.25) is 0 Å². The highest BCUT2D eigenvalue weighted by Crippen LogP contribution is 2.20. The van der Waals surface area contributed by atoms with Gasteiger partial charge in [-0.05, 0) is 18.7 Å². The number of para-hydroxylation sites is 1. The second-order valence-corrected chi connectivity index (χ2v) is 8.28. The van der Waals surface area contributed by atoms with Crippen molar-refractivity contribution < 1.29 is 18.3 Å². The number of ether oxygens (including phenoxy) is 1. The fourth-order valence-corrected chi connectivity index (χ4v) is 4.65. The number of thiazole rings is 1. The summed E-state index contributed by atoms with van der Waals surface area (Å²) in [4.78, 5) is 30.0. The van der Waals surface area contributed by atoms with E-state index in [4.69, 9.17) is 0 Å². The third kappa shape index (κ3) is 5.56. The maximum absolute atomic E-state index is 13.1. The quantitative estimate of drug-likeness (QED) is 0.567. The number of likely N-dealkylation sites (N-methyl/N-ethyl adjacent to an activating group) is 1. The minimum Gasteiger partial charge on any atom is -0.434 e. The molecular formula is C23H24F2N4O3S. The number of carbonyl (C=O) groups excluding carboxylic acids is 1. The van der Waals surface area contributed by atoms with Crippen LogP contribution in [0.5, 0.6) is 5.75 Å². The molecule has 1 aromatic carbocycles. The van der Waals surface area contributed by atoms with Gasteiger partial charge in [-0.15, -0.1) is 17.9 Å². The monoisotopic (exact) mass is 474 g/mol. The molecule has 1 aromatic heterocycles. The Bertz CT molecular complexity index is 1240. The topological polar surface area (TPSA) is 78.6 Å². The lowest BCUT2D eigenvalue weighted by Gasteiger charge is -2.33.